The monoisotopic (exact) mass is 204 g/mol. The lowest BCUT2D eigenvalue weighted by Gasteiger charge is -2.01. The summed E-state index contributed by atoms with van der Waals surface area (Å²) in [5.41, 5.74) is 0.906. The molecule has 2 rings (SSSR count). The number of rotatable bonds is 2. The fourth-order valence-corrected chi connectivity index (χ4v) is 1.42. The van der Waals surface area contributed by atoms with Gasteiger partial charge in [-0.05, 0) is 37.3 Å². The topological polar surface area (TPSA) is 30.2 Å². The van der Waals surface area contributed by atoms with E-state index >= 15 is 0 Å². The van der Waals surface area contributed by atoms with Gasteiger partial charge in [0.1, 0.15) is 17.3 Å². The van der Waals surface area contributed by atoms with Crippen molar-refractivity contribution in [2.24, 2.45) is 0 Å². The maximum atomic E-state index is 13.0. The molecule has 1 aromatic carbocycles. The molecular formula is C12H9FO2. The molecule has 0 atom stereocenters. The molecule has 0 aliphatic heterocycles. The molecule has 2 nitrogen and oxygen atoms in total. The number of aldehydes is 1. The number of aryl methyl sites for hydroxylation is 1. The zero-order valence-electron chi connectivity index (χ0n) is 8.16. The summed E-state index contributed by atoms with van der Waals surface area (Å²) < 4.78 is 18.4. The van der Waals surface area contributed by atoms with Crippen molar-refractivity contribution in [3.05, 3.63) is 47.5 Å². The lowest BCUT2D eigenvalue weighted by atomic mass is 10.1. The highest BCUT2D eigenvalue weighted by Crippen LogP contribution is 2.25. The van der Waals surface area contributed by atoms with Gasteiger partial charge in [0.15, 0.2) is 6.29 Å². The molecule has 1 aromatic heterocycles. The zero-order chi connectivity index (χ0) is 10.8. The van der Waals surface area contributed by atoms with Crippen molar-refractivity contribution in [2.45, 2.75) is 6.92 Å². The first kappa shape index (κ1) is 9.65. The minimum atomic E-state index is -0.385. The van der Waals surface area contributed by atoms with Crippen LogP contribution in [-0.4, -0.2) is 6.29 Å². The van der Waals surface area contributed by atoms with E-state index in [4.69, 9.17) is 4.42 Å². The smallest absolute Gasteiger partial charge is 0.150 e. The summed E-state index contributed by atoms with van der Waals surface area (Å²) in [6.07, 6.45) is 0.687. The van der Waals surface area contributed by atoms with Crippen LogP contribution in [0, 0.1) is 12.7 Å². The lowest BCUT2D eigenvalue weighted by Crippen LogP contribution is -1.87. The van der Waals surface area contributed by atoms with Crippen molar-refractivity contribution in [3.63, 3.8) is 0 Å². The minimum absolute atomic E-state index is 0.385. The summed E-state index contributed by atoms with van der Waals surface area (Å²) in [6.45, 7) is 1.80. The predicted octanol–water partition coefficient (Wildman–Crippen LogP) is 3.21. The van der Waals surface area contributed by atoms with Crippen LogP contribution < -0.4 is 0 Å². The van der Waals surface area contributed by atoms with E-state index in [1.54, 1.807) is 19.1 Å². The maximum Gasteiger partial charge on any atom is 0.150 e. The number of benzene rings is 1. The number of carbonyl (C=O) groups excluding carboxylic acids is 1. The molecule has 0 unspecified atom stereocenters. The van der Waals surface area contributed by atoms with Crippen molar-refractivity contribution >= 4 is 6.29 Å². The molecule has 0 aliphatic carbocycles. The normalized spacial score (nSPS) is 10.3. The van der Waals surface area contributed by atoms with E-state index in [-0.39, 0.29) is 5.82 Å². The van der Waals surface area contributed by atoms with Gasteiger partial charge in [-0.15, -0.1) is 0 Å². The molecular weight excluding hydrogens is 195 g/mol. The third kappa shape index (κ3) is 1.81. The molecule has 0 radical (unpaired) electrons. The average molecular weight is 204 g/mol. The first-order chi connectivity index (χ1) is 7.20. The Morgan fingerprint density at radius 2 is 2.07 bits per heavy atom. The summed E-state index contributed by atoms with van der Waals surface area (Å²) in [5, 5.41) is 0. The van der Waals surface area contributed by atoms with E-state index in [1.165, 1.54) is 18.2 Å². The van der Waals surface area contributed by atoms with Gasteiger partial charge in [0, 0.05) is 11.1 Å². The molecule has 2 aromatic rings. The fourth-order valence-electron chi connectivity index (χ4n) is 1.42. The van der Waals surface area contributed by atoms with Gasteiger partial charge in [0.05, 0.1) is 0 Å². The quantitative estimate of drug-likeness (QED) is 0.703. The Kier molecular flexibility index (Phi) is 2.37. The van der Waals surface area contributed by atoms with Crippen molar-refractivity contribution in [1.29, 1.82) is 0 Å². The third-order valence-corrected chi connectivity index (χ3v) is 2.15. The van der Waals surface area contributed by atoms with Crippen molar-refractivity contribution in [3.8, 4) is 11.3 Å². The van der Waals surface area contributed by atoms with Gasteiger partial charge in [-0.3, -0.25) is 4.79 Å². The second kappa shape index (κ2) is 3.69. The van der Waals surface area contributed by atoms with E-state index in [0.29, 0.717) is 23.2 Å². The maximum absolute atomic E-state index is 13.0. The van der Waals surface area contributed by atoms with Crippen LogP contribution in [0.5, 0.6) is 0 Å². The number of halogens is 1. The van der Waals surface area contributed by atoms with Crippen LogP contribution in [-0.2, 0) is 0 Å². The minimum Gasteiger partial charge on any atom is -0.461 e. The molecule has 3 heteroatoms. The van der Waals surface area contributed by atoms with Gasteiger partial charge in [0.25, 0.3) is 0 Å². The SMILES string of the molecule is Cc1ccc(-c2cc(F)ccc2C=O)o1. The first-order valence-electron chi connectivity index (χ1n) is 4.52. The number of hydrogen-bond acceptors (Lipinski definition) is 2. The molecule has 15 heavy (non-hydrogen) atoms. The van der Waals surface area contributed by atoms with Crippen molar-refractivity contribution < 1.29 is 13.6 Å². The number of furan rings is 1. The van der Waals surface area contributed by atoms with Gasteiger partial charge in [0.2, 0.25) is 0 Å². The standard InChI is InChI=1S/C12H9FO2/c1-8-2-5-12(15-8)11-6-10(13)4-3-9(11)7-14/h2-7H,1H3. The van der Waals surface area contributed by atoms with E-state index < -0.39 is 0 Å². The molecule has 0 bridgehead atoms. The average Bonchev–Trinajstić information content (AvgIpc) is 2.65. The van der Waals surface area contributed by atoms with Crippen LogP contribution >= 0.6 is 0 Å². The Balaban J connectivity index is 2.59. The van der Waals surface area contributed by atoms with Gasteiger partial charge in [-0.25, -0.2) is 4.39 Å². The highest BCUT2D eigenvalue weighted by Gasteiger charge is 2.09. The molecule has 0 amide bonds. The second-order valence-corrected chi connectivity index (χ2v) is 3.26. The molecule has 0 N–H and O–H groups in total. The number of hydrogen-bond donors (Lipinski definition) is 0. The number of carbonyl (C=O) groups is 1. The van der Waals surface area contributed by atoms with Gasteiger partial charge >= 0.3 is 0 Å². The third-order valence-electron chi connectivity index (χ3n) is 2.15. The molecule has 0 spiro atoms. The van der Waals surface area contributed by atoms with E-state index in [2.05, 4.69) is 0 Å². The van der Waals surface area contributed by atoms with Crippen LogP contribution in [0.2, 0.25) is 0 Å². The van der Waals surface area contributed by atoms with E-state index in [9.17, 15) is 9.18 Å². The zero-order valence-corrected chi connectivity index (χ0v) is 8.16. The summed E-state index contributed by atoms with van der Waals surface area (Å²) in [7, 11) is 0. The summed E-state index contributed by atoms with van der Waals surface area (Å²) >= 11 is 0. The summed E-state index contributed by atoms with van der Waals surface area (Å²) in [6, 6.07) is 7.48. The lowest BCUT2D eigenvalue weighted by molar-refractivity contribution is 0.112. The largest absolute Gasteiger partial charge is 0.461 e. The van der Waals surface area contributed by atoms with Gasteiger partial charge in [-0.1, -0.05) is 0 Å². The Hall–Kier alpha value is -1.90. The van der Waals surface area contributed by atoms with Crippen LogP contribution in [0.15, 0.2) is 34.7 Å². The molecule has 0 aliphatic rings. The molecule has 76 valence electrons. The Labute approximate surface area is 86.3 Å². The summed E-state index contributed by atoms with van der Waals surface area (Å²) in [5.74, 6) is 0.852. The van der Waals surface area contributed by atoms with Crippen LogP contribution in [0.1, 0.15) is 16.1 Å². The van der Waals surface area contributed by atoms with Gasteiger partial charge in [-0.2, -0.15) is 0 Å². The first-order valence-corrected chi connectivity index (χ1v) is 4.52. The fraction of sp³-hybridized carbons (Fsp3) is 0.0833. The van der Waals surface area contributed by atoms with E-state index in [0.717, 1.165) is 5.76 Å². The highest BCUT2D eigenvalue weighted by molar-refractivity contribution is 5.86. The second-order valence-electron chi connectivity index (χ2n) is 3.26. The van der Waals surface area contributed by atoms with Crippen molar-refractivity contribution in [2.75, 3.05) is 0 Å². The van der Waals surface area contributed by atoms with Gasteiger partial charge < -0.3 is 4.42 Å². The van der Waals surface area contributed by atoms with Crippen LogP contribution in [0.4, 0.5) is 4.39 Å². The molecule has 1 heterocycles. The predicted molar refractivity (Wildman–Crippen MR) is 54.2 cm³/mol. The highest BCUT2D eigenvalue weighted by atomic mass is 19.1. The molecule has 0 saturated carbocycles. The molecule has 0 saturated heterocycles. The Bertz CT molecular complexity index is 500. The Morgan fingerprint density at radius 1 is 1.27 bits per heavy atom. The van der Waals surface area contributed by atoms with E-state index in [1.807, 2.05) is 0 Å². The van der Waals surface area contributed by atoms with Crippen LogP contribution in [0.3, 0.4) is 0 Å². The van der Waals surface area contributed by atoms with Crippen molar-refractivity contribution in [1.82, 2.24) is 0 Å². The van der Waals surface area contributed by atoms with Crippen LogP contribution in [0.25, 0.3) is 11.3 Å². The summed E-state index contributed by atoms with van der Waals surface area (Å²) in [4.78, 5) is 10.8. The Morgan fingerprint density at radius 3 is 2.67 bits per heavy atom. The molecule has 0 fully saturated rings.